The fourth-order valence-electron chi connectivity index (χ4n) is 1.19. The molecule has 0 aliphatic rings. The number of rotatable bonds is 4. The van der Waals surface area contributed by atoms with E-state index in [9.17, 15) is 13.6 Å². The monoisotopic (exact) mass is 354 g/mol. The van der Waals surface area contributed by atoms with Crippen molar-refractivity contribution < 1.29 is 13.6 Å². The second-order valence-electron chi connectivity index (χ2n) is 3.73. The molecule has 1 aromatic carbocycles. The fourth-order valence-corrected chi connectivity index (χ4v) is 1.77. The van der Waals surface area contributed by atoms with Crippen molar-refractivity contribution in [3.8, 4) is 0 Å². The van der Waals surface area contributed by atoms with Crippen molar-refractivity contribution in [3.05, 3.63) is 32.9 Å². The molecule has 0 aliphatic heterocycles. The lowest BCUT2D eigenvalue weighted by Gasteiger charge is -2.15. The van der Waals surface area contributed by atoms with Crippen molar-refractivity contribution in [1.29, 1.82) is 0 Å². The van der Waals surface area contributed by atoms with E-state index < -0.39 is 24.9 Å². The van der Waals surface area contributed by atoms with Crippen LogP contribution in [-0.2, 0) is 0 Å². The van der Waals surface area contributed by atoms with Gasteiger partial charge in [-0.25, -0.2) is 8.78 Å². The Morgan fingerprint density at radius 1 is 1.53 bits per heavy atom. The number of nitrogens with two attached hydrogens (primary N) is 1. The third kappa shape index (κ3) is 4.19. The highest BCUT2D eigenvalue weighted by atomic mass is 127. The van der Waals surface area contributed by atoms with Gasteiger partial charge in [0.15, 0.2) is 0 Å². The van der Waals surface area contributed by atoms with Gasteiger partial charge in [0, 0.05) is 3.57 Å². The predicted octanol–water partition coefficient (Wildman–Crippen LogP) is 1.92. The first-order chi connectivity index (χ1) is 7.85. The van der Waals surface area contributed by atoms with Gasteiger partial charge in [-0.05, 0) is 41.6 Å². The Hall–Kier alpha value is -0.760. The normalized spacial score (nSPS) is 11.4. The molecule has 6 heteroatoms. The lowest BCUT2D eigenvalue weighted by atomic mass is 10.1. The molecule has 0 atom stereocenters. The first-order valence-corrected chi connectivity index (χ1v) is 6.06. The number of nitrogens with one attached hydrogen (secondary N) is 1. The van der Waals surface area contributed by atoms with Gasteiger partial charge in [0.1, 0.15) is 0 Å². The fraction of sp³-hybridized carbons (Fsp3) is 0.364. The van der Waals surface area contributed by atoms with E-state index in [4.69, 9.17) is 5.73 Å². The Labute approximate surface area is 112 Å². The molecule has 0 saturated heterocycles. The second kappa shape index (κ2) is 5.72. The van der Waals surface area contributed by atoms with Crippen LogP contribution < -0.4 is 11.1 Å². The number of carbonyl (C=O) groups excluding carboxylic acids is 1. The topological polar surface area (TPSA) is 55.1 Å². The van der Waals surface area contributed by atoms with Crippen molar-refractivity contribution in [2.45, 2.75) is 12.8 Å². The number of aryl methyl sites for hydroxylation is 1. The molecular weight excluding hydrogens is 341 g/mol. The summed E-state index contributed by atoms with van der Waals surface area (Å²) in [7, 11) is 0. The summed E-state index contributed by atoms with van der Waals surface area (Å²) in [5.41, 5.74) is 6.19. The Bertz CT molecular complexity index is 424. The Balaban J connectivity index is 2.74. The SMILES string of the molecule is Cc1ccc(I)c(C(=O)NCC(F)(F)CN)c1. The number of hydrogen-bond donors (Lipinski definition) is 2. The maximum absolute atomic E-state index is 12.9. The van der Waals surface area contributed by atoms with E-state index in [1.807, 2.05) is 35.6 Å². The van der Waals surface area contributed by atoms with Crippen LogP contribution in [0.5, 0.6) is 0 Å². The highest BCUT2D eigenvalue weighted by molar-refractivity contribution is 14.1. The zero-order valence-corrected chi connectivity index (χ0v) is 11.4. The number of benzene rings is 1. The molecule has 0 radical (unpaired) electrons. The molecule has 0 aliphatic carbocycles. The van der Waals surface area contributed by atoms with E-state index in [0.29, 0.717) is 5.56 Å². The third-order valence-corrected chi connectivity index (χ3v) is 3.11. The summed E-state index contributed by atoms with van der Waals surface area (Å²) in [4.78, 5) is 11.7. The summed E-state index contributed by atoms with van der Waals surface area (Å²) in [6.45, 7) is 0.311. The minimum absolute atomic E-state index is 0.401. The average Bonchev–Trinajstić information content (AvgIpc) is 2.29. The Kier molecular flexibility index (Phi) is 4.81. The van der Waals surface area contributed by atoms with Gasteiger partial charge >= 0.3 is 0 Å². The van der Waals surface area contributed by atoms with Gasteiger partial charge in [0.25, 0.3) is 11.8 Å². The second-order valence-corrected chi connectivity index (χ2v) is 4.89. The first kappa shape index (κ1) is 14.3. The van der Waals surface area contributed by atoms with Crippen molar-refractivity contribution in [2.24, 2.45) is 5.73 Å². The van der Waals surface area contributed by atoms with Gasteiger partial charge in [0.2, 0.25) is 0 Å². The highest BCUT2D eigenvalue weighted by Crippen LogP contribution is 2.15. The summed E-state index contributed by atoms with van der Waals surface area (Å²) in [6.07, 6.45) is 0. The Morgan fingerprint density at radius 3 is 2.76 bits per heavy atom. The first-order valence-electron chi connectivity index (χ1n) is 4.98. The summed E-state index contributed by atoms with van der Waals surface area (Å²) >= 11 is 1.99. The zero-order chi connectivity index (χ0) is 13.1. The van der Waals surface area contributed by atoms with Gasteiger partial charge in [-0.2, -0.15) is 0 Å². The van der Waals surface area contributed by atoms with Crippen LogP contribution in [0.1, 0.15) is 15.9 Å². The van der Waals surface area contributed by atoms with Crippen molar-refractivity contribution >= 4 is 28.5 Å². The van der Waals surface area contributed by atoms with Crippen LogP contribution in [0.15, 0.2) is 18.2 Å². The number of carbonyl (C=O) groups is 1. The van der Waals surface area contributed by atoms with E-state index in [1.54, 1.807) is 12.1 Å². The molecule has 0 aromatic heterocycles. The van der Waals surface area contributed by atoms with Gasteiger partial charge in [0.05, 0.1) is 18.7 Å². The lowest BCUT2D eigenvalue weighted by molar-refractivity contribution is 0.0118. The van der Waals surface area contributed by atoms with E-state index in [1.165, 1.54) is 0 Å². The maximum atomic E-state index is 12.9. The van der Waals surface area contributed by atoms with Crippen LogP contribution >= 0.6 is 22.6 Å². The van der Waals surface area contributed by atoms with Crippen molar-refractivity contribution in [1.82, 2.24) is 5.32 Å². The van der Waals surface area contributed by atoms with Crippen LogP contribution in [0.25, 0.3) is 0 Å². The molecular formula is C11H13F2IN2O. The van der Waals surface area contributed by atoms with E-state index >= 15 is 0 Å². The molecule has 3 nitrogen and oxygen atoms in total. The molecule has 0 bridgehead atoms. The van der Waals surface area contributed by atoms with Crippen LogP contribution in [0.2, 0.25) is 0 Å². The minimum Gasteiger partial charge on any atom is -0.346 e. The van der Waals surface area contributed by atoms with Gasteiger partial charge in [-0.1, -0.05) is 11.6 Å². The van der Waals surface area contributed by atoms with E-state index in [0.717, 1.165) is 9.13 Å². The summed E-state index contributed by atoms with van der Waals surface area (Å²) < 4.78 is 26.5. The van der Waals surface area contributed by atoms with E-state index in [2.05, 4.69) is 5.32 Å². The molecule has 0 heterocycles. The molecule has 94 valence electrons. The maximum Gasteiger partial charge on any atom is 0.277 e. The summed E-state index contributed by atoms with van der Waals surface area (Å²) in [5.74, 6) is -3.57. The number of hydrogen-bond acceptors (Lipinski definition) is 2. The quantitative estimate of drug-likeness (QED) is 0.812. The highest BCUT2D eigenvalue weighted by Gasteiger charge is 2.27. The molecule has 1 aromatic rings. The largest absolute Gasteiger partial charge is 0.346 e. The number of halogens is 3. The van der Waals surface area contributed by atoms with Crippen LogP contribution in [0.3, 0.4) is 0 Å². The van der Waals surface area contributed by atoms with E-state index in [-0.39, 0.29) is 0 Å². The lowest BCUT2D eigenvalue weighted by Crippen LogP contribution is -2.41. The average molecular weight is 354 g/mol. The van der Waals surface area contributed by atoms with Crippen LogP contribution in [-0.4, -0.2) is 24.9 Å². The number of amides is 1. The Morgan fingerprint density at radius 2 is 2.18 bits per heavy atom. The molecule has 0 unspecified atom stereocenters. The molecule has 0 spiro atoms. The van der Waals surface area contributed by atoms with Gasteiger partial charge in [-0.15, -0.1) is 0 Å². The predicted molar refractivity (Wildman–Crippen MR) is 70.2 cm³/mol. The molecule has 1 rings (SSSR count). The summed E-state index contributed by atoms with van der Waals surface area (Å²) in [6, 6.07) is 5.29. The van der Waals surface area contributed by atoms with Gasteiger partial charge < -0.3 is 11.1 Å². The van der Waals surface area contributed by atoms with Crippen LogP contribution in [0, 0.1) is 10.5 Å². The molecule has 1 amide bonds. The molecule has 0 fully saturated rings. The van der Waals surface area contributed by atoms with Gasteiger partial charge in [-0.3, -0.25) is 4.79 Å². The molecule has 0 saturated carbocycles. The summed E-state index contributed by atoms with van der Waals surface area (Å²) in [5, 5.41) is 2.18. The number of alkyl halides is 2. The zero-order valence-electron chi connectivity index (χ0n) is 9.27. The molecule has 3 N–H and O–H groups in total. The molecule has 17 heavy (non-hydrogen) atoms. The van der Waals surface area contributed by atoms with Crippen LogP contribution in [0.4, 0.5) is 8.78 Å². The van der Waals surface area contributed by atoms with Crippen molar-refractivity contribution in [2.75, 3.05) is 13.1 Å². The smallest absolute Gasteiger partial charge is 0.277 e. The minimum atomic E-state index is -3.06. The third-order valence-electron chi connectivity index (χ3n) is 2.17. The van der Waals surface area contributed by atoms with Crippen molar-refractivity contribution in [3.63, 3.8) is 0 Å². The standard InChI is InChI=1S/C11H13F2IN2O/c1-7-2-3-9(14)8(4-7)10(17)16-6-11(12,13)5-15/h2-4H,5-6,15H2,1H3,(H,16,17).